The Labute approximate surface area is 183 Å². The fourth-order valence-electron chi connectivity index (χ4n) is 6.02. The number of carbonyl (C=O) groups is 1. The second kappa shape index (κ2) is 7.13. The van der Waals surface area contributed by atoms with E-state index < -0.39 is 0 Å². The number of fused-ring (bicyclic) bond motifs is 4. The quantitative estimate of drug-likeness (QED) is 0.635. The van der Waals surface area contributed by atoms with Gasteiger partial charge in [0.05, 0.1) is 19.8 Å². The summed E-state index contributed by atoms with van der Waals surface area (Å²) in [7, 11) is 3.36. The van der Waals surface area contributed by atoms with Gasteiger partial charge in [0.2, 0.25) is 0 Å². The van der Waals surface area contributed by atoms with Crippen molar-refractivity contribution in [2.24, 2.45) is 5.41 Å². The third-order valence-corrected chi connectivity index (χ3v) is 6.98. The maximum Gasteiger partial charge on any atom is 0.164 e. The molecule has 0 amide bonds. The van der Waals surface area contributed by atoms with Gasteiger partial charge in [-0.15, -0.1) is 0 Å². The number of rotatable bonds is 3. The monoisotopic (exact) mass is 418 g/mol. The lowest BCUT2D eigenvalue weighted by Gasteiger charge is -2.48. The summed E-state index contributed by atoms with van der Waals surface area (Å²) in [5.41, 5.74) is 4.21. The lowest BCUT2D eigenvalue weighted by atomic mass is 9.63. The molecule has 2 aliphatic rings. The van der Waals surface area contributed by atoms with Gasteiger partial charge in [-0.1, -0.05) is 44.2 Å². The summed E-state index contributed by atoms with van der Waals surface area (Å²) in [4.78, 5) is 16.5. The summed E-state index contributed by atoms with van der Waals surface area (Å²) in [6.45, 7) is 5.14. The summed E-state index contributed by atoms with van der Waals surface area (Å²) in [6.07, 6.45) is 2.09. The first-order valence-electron chi connectivity index (χ1n) is 11.0. The molecule has 1 aromatic heterocycles. The fraction of sp³-hybridized carbons (Fsp3) is 0.423. The Bertz CT molecular complexity index is 1160. The molecule has 5 nitrogen and oxygen atoms in total. The second-order valence-electron chi connectivity index (χ2n) is 9.79. The van der Waals surface area contributed by atoms with E-state index in [-0.39, 0.29) is 16.9 Å². The van der Waals surface area contributed by atoms with E-state index in [1.807, 2.05) is 12.1 Å². The smallest absolute Gasteiger partial charge is 0.164 e. The molecule has 1 aliphatic carbocycles. The molecule has 0 radical (unpaired) electrons. The summed E-state index contributed by atoms with van der Waals surface area (Å²) in [6, 6.07) is 14.5. The van der Waals surface area contributed by atoms with Crippen LogP contribution in [0.3, 0.4) is 0 Å². The molecule has 2 heterocycles. The standard InChI is InChI=1S/C26H30N2O3/c1-25(2)12-16(29)13-26(15-25)24-22(18-8-5-6-10-20(18)28-24)19(14-27-26)17-9-7-11-21(30-3)23(17)31-4/h5-11,19,27-28H,12-15H2,1-4H3/t19-,26-/m0/s1. The Morgan fingerprint density at radius 1 is 1.00 bits per heavy atom. The zero-order valence-electron chi connectivity index (χ0n) is 18.7. The normalized spacial score (nSPS) is 24.9. The average Bonchev–Trinajstić information content (AvgIpc) is 3.13. The van der Waals surface area contributed by atoms with Crippen molar-refractivity contribution in [3.63, 3.8) is 0 Å². The van der Waals surface area contributed by atoms with Crippen molar-refractivity contribution < 1.29 is 14.3 Å². The van der Waals surface area contributed by atoms with Crippen LogP contribution in [0.5, 0.6) is 11.5 Å². The van der Waals surface area contributed by atoms with Gasteiger partial charge in [0, 0.05) is 47.5 Å². The van der Waals surface area contributed by atoms with E-state index in [4.69, 9.17) is 9.47 Å². The maximum absolute atomic E-state index is 12.8. The minimum atomic E-state index is -0.365. The highest BCUT2D eigenvalue weighted by Gasteiger charge is 2.50. The third kappa shape index (κ3) is 3.14. The van der Waals surface area contributed by atoms with Crippen LogP contribution in [-0.2, 0) is 10.3 Å². The van der Waals surface area contributed by atoms with Crippen molar-refractivity contribution >= 4 is 16.7 Å². The number of hydrogen-bond acceptors (Lipinski definition) is 4. The predicted molar refractivity (Wildman–Crippen MR) is 122 cm³/mol. The third-order valence-electron chi connectivity index (χ3n) is 6.98. The molecular formula is C26H30N2O3. The Hall–Kier alpha value is -2.79. The van der Waals surface area contributed by atoms with Crippen molar-refractivity contribution in [3.8, 4) is 11.5 Å². The minimum absolute atomic E-state index is 0.0443. The van der Waals surface area contributed by atoms with E-state index in [0.29, 0.717) is 18.6 Å². The van der Waals surface area contributed by atoms with Crippen molar-refractivity contribution in [1.82, 2.24) is 10.3 Å². The van der Waals surface area contributed by atoms with E-state index in [1.54, 1.807) is 14.2 Å². The number of aromatic nitrogens is 1. The number of ether oxygens (including phenoxy) is 2. The number of para-hydroxylation sites is 2. The molecule has 0 unspecified atom stereocenters. The largest absolute Gasteiger partial charge is 0.493 e. The van der Waals surface area contributed by atoms with Crippen LogP contribution < -0.4 is 14.8 Å². The highest BCUT2D eigenvalue weighted by Crippen LogP contribution is 2.52. The molecule has 0 bridgehead atoms. The zero-order valence-corrected chi connectivity index (χ0v) is 18.7. The van der Waals surface area contributed by atoms with E-state index in [1.165, 1.54) is 10.9 Å². The molecule has 31 heavy (non-hydrogen) atoms. The number of benzene rings is 2. The second-order valence-corrected chi connectivity index (χ2v) is 9.79. The predicted octanol–water partition coefficient (Wildman–Crippen LogP) is 4.89. The number of carbonyl (C=O) groups excluding carboxylic acids is 1. The van der Waals surface area contributed by atoms with Gasteiger partial charge in [0.15, 0.2) is 11.5 Å². The van der Waals surface area contributed by atoms with E-state index in [2.05, 4.69) is 54.5 Å². The van der Waals surface area contributed by atoms with Crippen LogP contribution >= 0.6 is 0 Å². The maximum atomic E-state index is 12.8. The summed E-state index contributed by atoms with van der Waals surface area (Å²) >= 11 is 0. The summed E-state index contributed by atoms with van der Waals surface area (Å²) < 4.78 is 11.4. The lowest BCUT2D eigenvalue weighted by Crippen LogP contribution is -2.55. The van der Waals surface area contributed by atoms with Crippen LogP contribution in [-0.4, -0.2) is 31.5 Å². The van der Waals surface area contributed by atoms with Gasteiger partial charge in [-0.3, -0.25) is 4.79 Å². The number of Topliss-reactive ketones (excluding diaryl/α,β-unsaturated/α-hetero) is 1. The molecular weight excluding hydrogens is 388 g/mol. The van der Waals surface area contributed by atoms with Crippen molar-refractivity contribution in [3.05, 3.63) is 59.3 Å². The van der Waals surface area contributed by atoms with Crippen molar-refractivity contribution in [2.75, 3.05) is 20.8 Å². The first kappa shape index (κ1) is 20.1. The number of H-pyrrole nitrogens is 1. The number of nitrogens with one attached hydrogen (secondary N) is 2. The Morgan fingerprint density at radius 2 is 1.81 bits per heavy atom. The fourth-order valence-corrected chi connectivity index (χ4v) is 6.02. The van der Waals surface area contributed by atoms with Gasteiger partial charge in [0.1, 0.15) is 5.78 Å². The molecule has 2 N–H and O–H groups in total. The molecule has 1 spiro atoms. The van der Waals surface area contributed by atoms with Crippen LogP contribution in [0.15, 0.2) is 42.5 Å². The summed E-state index contributed by atoms with van der Waals surface area (Å²) in [5, 5.41) is 5.04. The first-order chi connectivity index (χ1) is 14.9. The Balaban J connectivity index is 1.74. The van der Waals surface area contributed by atoms with Crippen LogP contribution in [0.25, 0.3) is 10.9 Å². The van der Waals surface area contributed by atoms with Gasteiger partial charge >= 0.3 is 0 Å². The van der Waals surface area contributed by atoms with Crippen LogP contribution in [0.1, 0.15) is 55.8 Å². The van der Waals surface area contributed by atoms with Gasteiger partial charge in [0.25, 0.3) is 0 Å². The van der Waals surface area contributed by atoms with Crippen molar-refractivity contribution in [2.45, 2.75) is 44.6 Å². The SMILES string of the molecule is COc1cccc([C@@H]2CN[C@]3(CC(=O)CC(C)(C)C3)c3[nH]c4ccccc4c32)c1OC. The van der Waals surface area contributed by atoms with E-state index in [0.717, 1.165) is 41.2 Å². The Morgan fingerprint density at radius 3 is 2.55 bits per heavy atom. The van der Waals surface area contributed by atoms with Crippen LogP contribution in [0, 0.1) is 5.41 Å². The average molecular weight is 419 g/mol. The number of ketones is 1. The molecule has 2 aromatic carbocycles. The van der Waals surface area contributed by atoms with E-state index >= 15 is 0 Å². The molecule has 3 aromatic rings. The Kier molecular flexibility index (Phi) is 4.63. The molecule has 2 atom stereocenters. The molecule has 1 fully saturated rings. The molecule has 0 saturated heterocycles. The first-order valence-corrected chi connectivity index (χ1v) is 11.0. The van der Waals surface area contributed by atoms with Gasteiger partial charge in [-0.05, 0) is 29.5 Å². The molecule has 5 rings (SSSR count). The van der Waals surface area contributed by atoms with Gasteiger partial charge in [-0.25, -0.2) is 0 Å². The van der Waals surface area contributed by atoms with Gasteiger partial charge in [-0.2, -0.15) is 0 Å². The highest BCUT2D eigenvalue weighted by atomic mass is 16.5. The summed E-state index contributed by atoms with van der Waals surface area (Å²) in [5.74, 6) is 1.91. The van der Waals surface area contributed by atoms with E-state index in [9.17, 15) is 4.79 Å². The molecule has 1 saturated carbocycles. The lowest BCUT2D eigenvalue weighted by molar-refractivity contribution is -0.126. The molecule has 1 aliphatic heterocycles. The minimum Gasteiger partial charge on any atom is -0.493 e. The zero-order chi connectivity index (χ0) is 21.8. The number of hydrogen-bond donors (Lipinski definition) is 2. The molecule has 162 valence electrons. The number of aromatic amines is 1. The number of methoxy groups -OCH3 is 2. The van der Waals surface area contributed by atoms with Crippen LogP contribution in [0.2, 0.25) is 0 Å². The molecule has 5 heteroatoms. The topological polar surface area (TPSA) is 63.3 Å². The highest BCUT2D eigenvalue weighted by molar-refractivity contribution is 5.88. The van der Waals surface area contributed by atoms with Gasteiger partial charge < -0.3 is 19.8 Å². The van der Waals surface area contributed by atoms with Crippen molar-refractivity contribution in [1.29, 1.82) is 0 Å². The van der Waals surface area contributed by atoms with Crippen LogP contribution in [0.4, 0.5) is 0 Å².